The van der Waals surface area contributed by atoms with Gasteiger partial charge in [0.25, 0.3) is 0 Å². The van der Waals surface area contributed by atoms with Crippen LogP contribution < -0.4 is 5.73 Å². The summed E-state index contributed by atoms with van der Waals surface area (Å²) in [5, 5.41) is 32.9. The van der Waals surface area contributed by atoms with Crippen molar-refractivity contribution in [3.05, 3.63) is 16.8 Å². The molecule has 5 N–H and O–H groups in total. The van der Waals surface area contributed by atoms with Crippen LogP contribution in [-0.4, -0.2) is 71.4 Å². The van der Waals surface area contributed by atoms with Crippen molar-refractivity contribution in [2.45, 2.75) is 29.7 Å². The molecular formula is C12H14N8O5S. The molecule has 138 valence electrons. The summed E-state index contributed by atoms with van der Waals surface area (Å²) in [6.45, 7) is -0.188. The zero-order valence-electron chi connectivity index (χ0n) is 13.1. The number of azide groups is 1. The highest BCUT2D eigenvalue weighted by Crippen LogP contribution is 2.36. The molecule has 2 aromatic heterocycles. The van der Waals surface area contributed by atoms with Gasteiger partial charge in [-0.25, -0.2) is 15.0 Å². The number of aliphatic carboxylic acids is 1. The van der Waals surface area contributed by atoms with Crippen molar-refractivity contribution in [2.75, 3.05) is 18.0 Å². The molecule has 0 spiro atoms. The third-order valence-corrected chi connectivity index (χ3v) is 4.65. The summed E-state index contributed by atoms with van der Waals surface area (Å²) in [5.74, 6) is -1.30. The predicted octanol–water partition coefficient (Wildman–Crippen LogP) is -0.485. The van der Waals surface area contributed by atoms with Gasteiger partial charge in [-0.2, -0.15) is 0 Å². The summed E-state index contributed by atoms with van der Waals surface area (Å²) in [4.78, 5) is 25.6. The highest BCUT2D eigenvalue weighted by molar-refractivity contribution is 7.99. The monoisotopic (exact) mass is 382 g/mol. The Morgan fingerprint density at radius 2 is 2.23 bits per heavy atom. The number of hydrogen-bond acceptors (Lipinski definition) is 10. The van der Waals surface area contributed by atoms with Crippen LogP contribution in [0.15, 0.2) is 16.6 Å². The van der Waals surface area contributed by atoms with Crippen molar-refractivity contribution in [2.24, 2.45) is 5.11 Å². The molecule has 0 radical (unpaired) electrons. The summed E-state index contributed by atoms with van der Waals surface area (Å²) in [6, 6.07) is 0. The molecule has 0 saturated carbocycles. The summed E-state index contributed by atoms with van der Waals surface area (Å²) in [7, 11) is 0. The standard InChI is InChI=1S/C12H14N8O5S/c13-9-6-10(16-3-15-9)20(12(18-6)26-2-5(21)22)11-8(24)7(23)4(25-11)1-17-19-14/h3-4,7-8,11,23-24H,1-2H2,(H,21,22)(H2,13,15,16)/t4-,7-,8-,11-/m1/s1. The van der Waals surface area contributed by atoms with Gasteiger partial charge in [0.05, 0.1) is 18.4 Å². The van der Waals surface area contributed by atoms with Crippen LogP contribution in [-0.2, 0) is 9.53 Å². The molecule has 13 nitrogen and oxygen atoms in total. The van der Waals surface area contributed by atoms with E-state index in [-0.39, 0.29) is 34.4 Å². The van der Waals surface area contributed by atoms with Crippen molar-refractivity contribution in [1.82, 2.24) is 19.5 Å². The Labute approximate surface area is 149 Å². The van der Waals surface area contributed by atoms with Crippen molar-refractivity contribution in [1.29, 1.82) is 0 Å². The van der Waals surface area contributed by atoms with E-state index < -0.39 is 30.5 Å². The molecule has 1 fully saturated rings. The third kappa shape index (κ3) is 3.23. The highest BCUT2D eigenvalue weighted by atomic mass is 32.2. The number of carboxylic acid groups (broad SMARTS) is 1. The zero-order chi connectivity index (χ0) is 18.8. The number of nitrogens with zero attached hydrogens (tertiary/aromatic N) is 7. The number of anilines is 1. The van der Waals surface area contributed by atoms with Crippen LogP contribution >= 0.6 is 11.8 Å². The molecule has 2 aromatic rings. The third-order valence-electron chi connectivity index (χ3n) is 3.71. The topological polar surface area (TPSA) is 205 Å². The number of thioether (sulfide) groups is 1. The van der Waals surface area contributed by atoms with Crippen LogP contribution in [0.25, 0.3) is 21.6 Å². The number of rotatable bonds is 6. The normalized spacial score (nSPS) is 25.3. The number of carboxylic acids is 1. The molecular weight excluding hydrogens is 368 g/mol. The second kappa shape index (κ2) is 7.31. The first kappa shape index (κ1) is 18.2. The Bertz CT molecular complexity index is 884. The summed E-state index contributed by atoms with van der Waals surface area (Å²) < 4.78 is 6.98. The molecule has 0 unspecified atom stereocenters. The minimum atomic E-state index is -1.38. The van der Waals surface area contributed by atoms with E-state index in [2.05, 4.69) is 25.0 Å². The number of aliphatic hydroxyl groups is 2. The van der Waals surface area contributed by atoms with Crippen LogP contribution in [0, 0.1) is 0 Å². The largest absolute Gasteiger partial charge is 0.481 e. The molecule has 3 rings (SSSR count). The lowest BCUT2D eigenvalue weighted by Gasteiger charge is -2.18. The number of ether oxygens (including phenoxy) is 1. The van der Waals surface area contributed by atoms with E-state index in [1.807, 2.05) is 0 Å². The smallest absolute Gasteiger partial charge is 0.313 e. The number of fused-ring (bicyclic) bond motifs is 1. The van der Waals surface area contributed by atoms with Gasteiger partial charge in [-0.15, -0.1) is 0 Å². The van der Waals surface area contributed by atoms with Gasteiger partial charge in [-0.3, -0.25) is 9.36 Å². The Kier molecular flexibility index (Phi) is 5.11. The molecule has 0 aliphatic carbocycles. The molecule has 4 atom stereocenters. The fourth-order valence-corrected chi connectivity index (χ4v) is 3.31. The zero-order valence-corrected chi connectivity index (χ0v) is 13.9. The maximum atomic E-state index is 10.9. The number of nitrogen functional groups attached to an aromatic ring is 1. The van der Waals surface area contributed by atoms with Crippen LogP contribution in [0.4, 0.5) is 5.82 Å². The Morgan fingerprint density at radius 1 is 1.46 bits per heavy atom. The molecule has 0 amide bonds. The van der Waals surface area contributed by atoms with Gasteiger partial charge in [-0.05, 0) is 5.53 Å². The minimum absolute atomic E-state index is 0.0737. The number of imidazole rings is 1. The average molecular weight is 382 g/mol. The van der Waals surface area contributed by atoms with Crippen LogP contribution in [0.1, 0.15) is 6.23 Å². The Morgan fingerprint density at radius 3 is 2.92 bits per heavy atom. The Hall–Kier alpha value is -2.64. The average Bonchev–Trinajstić information content (AvgIpc) is 3.11. The number of hydrogen-bond donors (Lipinski definition) is 4. The van der Waals surface area contributed by atoms with Gasteiger partial charge >= 0.3 is 5.97 Å². The first-order chi connectivity index (χ1) is 12.4. The predicted molar refractivity (Wildman–Crippen MR) is 88.0 cm³/mol. The van der Waals surface area contributed by atoms with Gasteiger partial charge in [0.2, 0.25) is 0 Å². The van der Waals surface area contributed by atoms with E-state index >= 15 is 0 Å². The first-order valence-electron chi connectivity index (χ1n) is 7.29. The molecule has 0 bridgehead atoms. The van der Waals surface area contributed by atoms with Crippen molar-refractivity contribution < 1.29 is 24.9 Å². The maximum Gasteiger partial charge on any atom is 0.313 e. The fraction of sp³-hybridized carbons (Fsp3) is 0.500. The van der Waals surface area contributed by atoms with Crippen molar-refractivity contribution >= 4 is 34.7 Å². The minimum Gasteiger partial charge on any atom is -0.481 e. The Balaban J connectivity index is 2.04. The number of aromatic nitrogens is 4. The van der Waals surface area contributed by atoms with E-state index in [1.165, 1.54) is 10.9 Å². The maximum absolute atomic E-state index is 10.9. The molecule has 1 aliphatic heterocycles. The second-order valence-corrected chi connectivity index (χ2v) is 6.28. The van der Waals surface area contributed by atoms with E-state index in [1.54, 1.807) is 0 Å². The SMILES string of the molecule is [N-]=[N+]=NC[C@H]1O[C@@H](n2c(SCC(=O)O)nc3c(N)ncnc32)[C@H](O)[C@@H]1O. The fourth-order valence-electron chi connectivity index (χ4n) is 2.57. The first-order valence-corrected chi connectivity index (χ1v) is 8.28. The lowest BCUT2D eigenvalue weighted by molar-refractivity contribution is -0.133. The lowest BCUT2D eigenvalue weighted by atomic mass is 10.1. The lowest BCUT2D eigenvalue weighted by Crippen LogP contribution is -2.33. The van der Waals surface area contributed by atoms with Gasteiger partial charge in [-0.1, -0.05) is 16.9 Å². The summed E-state index contributed by atoms with van der Waals surface area (Å²) in [5.41, 5.74) is 14.6. The van der Waals surface area contributed by atoms with E-state index in [0.29, 0.717) is 0 Å². The van der Waals surface area contributed by atoms with Gasteiger partial charge in [0, 0.05) is 4.91 Å². The second-order valence-electron chi connectivity index (χ2n) is 5.34. The number of carbonyl (C=O) groups is 1. The van der Waals surface area contributed by atoms with Crippen molar-refractivity contribution in [3.63, 3.8) is 0 Å². The van der Waals surface area contributed by atoms with Crippen LogP contribution in [0.5, 0.6) is 0 Å². The number of nitrogens with two attached hydrogens (primary N) is 1. The molecule has 1 saturated heterocycles. The van der Waals surface area contributed by atoms with Gasteiger partial charge in [0.15, 0.2) is 28.4 Å². The summed E-state index contributed by atoms with van der Waals surface area (Å²) in [6.07, 6.45) is -3.58. The van der Waals surface area contributed by atoms with Crippen molar-refractivity contribution in [3.8, 4) is 0 Å². The van der Waals surface area contributed by atoms with Gasteiger partial charge < -0.3 is 25.8 Å². The number of aliphatic hydroxyl groups excluding tert-OH is 2. The molecule has 26 heavy (non-hydrogen) atoms. The quantitative estimate of drug-likeness (QED) is 0.218. The molecule has 0 aromatic carbocycles. The van der Waals surface area contributed by atoms with Crippen LogP contribution in [0.2, 0.25) is 0 Å². The van der Waals surface area contributed by atoms with Gasteiger partial charge in [0.1, 0.15) is 18.5 Å². The molecule has 14 heteroatoms. The van der Waals surface area contributed by atoms with Crippen LogP contribution in [0.3, 0.4) is 0 Å². The van der Waals surface area contributed by atoms with E-state index in [0.717, 1.165) is 11.8 Å². The molecule has 3 heterocycles. The van der Waals surface area contributed by atoms with E-state index in [9.17, 15) is 15.0 Å². The highest BCUT2D eigenvalue weighted by Gasteiger charge is 2.45. The molecule has 1 aliphatic rings. The summed E-state index contributed by atoms with van der Waals surface area (Å²) >= 11 is 0.873. The van der Waals surface area contributed by atoms with E-state index in [4.69, 9.17) is 21.1 Å².